The Morgan fingerprint density at radius 1 is 1.23 bits per heavy atom. The largest absolute Gasteiger partial charge is 0.494 e. The van der Waals surface area contributed by atoms with Gasteiger partial charge in [-0.3, -0.25) is 9.69 Å². The van der Waals surface area contributed by atoms with Crippen molar-refractivity contribution in [1.29, 1.82) is 0 Å². The number of amides is 1. The van der Waals surface area contributed by atoms with Crippen LogP contribution in [0.15, 0.2) is 18.2 Å². The van der Waals surface area contributed by atoms with Crippen LogP contribution in [0.25, 0.3) is 0 Å². The van der Waals surface area contributed by atoms with Gasteiger partial charge in [0, 0.05) is 13.1 Å². The van der Waals surface area contributed by atoms with E-state index in [0.717, 1.165) is 38.0 Å². The van der Waals surface area contributed by atoms with Crippen LogP contribution in [0.5, 0.6) is 5.75 Å². The van der Waals surface area contributed by atoms with Crippen LogP contribution in [0.4, 0.5) is 4.39 Å². The molecule has 0 spiro atoms. The van der Waals surface area contributed by atoms with E-state index in [9.17, 15) is 9.18 Å². The third-order valence-corrected chi connectivity index (χ3v) is 4.67. The van der Waals surface area contributed by atoms with Crippen molar-refractivity contribution in [3.63, 3.8) is 0 Å². The number of methoxy groups -OCH3 is 1. The molecule has 1 aromatic carbocycles. The van der Waals surface area contributed by atoms with Crippen molar-refractivity contribution < 1.29 is 13.9 Å². The number of nitrogens with zero attached hydrogens (tertiary/aromatic N) is 2. The average molecular weight is 306 g/mol. The maximum Gasteiger partial charge on any atom is 0.240 e. The molecular weight excluding hydrogens is 283 g/mol. The fourth-order valence-electron chi connectivity index (χ4n) is 3.50. The molecule has 4 nitrogen and oxygen atoms in total. The molecule has 5 heteroatoms. The van der Waals surface area contributed by atoms with Crippen molar-refractivity contribution in [2.75, 3.05) is 26.7 Å². The molecule has 3 rings (SSSR count). The standard InChI is InChI=1S/C17H23FN2O2/c1-22-16-7-6-13(11-14(16)18)12-20-10-4-5-15(17(20)21)19-8-2-3-9-19/h6-7,11,15H,2-5,8-10,12H2,1H3/t15-/m0/s1. The number of hydrogen-bond donors (Lipinski definition) is 0. The molecule has 1 atom stereocenters. The molecule has 0 bridgehead atoms. The molecule has 0 unspecified atom stereocenters. The summed E-state index contributed by atoms with van der Waals surface area (Å²) < 4.78 is 18.7. The summed E-state index contributed by atoms with van der Waals surface area (Å²) in [6, 6.07) is 4.94. The summed E-state index contributed by atoms with van der Waals surface area (Å²) in [5.41, 5.74) is 0.814. The van der Waals surface area contributed by atoms with Crippen LogP contribution in [0.3, 0.4) is 0 Å². The molecule has 2 aliphatic rings. The Labute approximate surface area is 130 Å². The summed E-state index contributed by atoms with van der Waals surface area (Å²) in [5.74, 6) is 0.0635. The van der Waals surface area contributed by atoms with Gasteiger partial charge in [-0.2, -0.15) is 0 Å². The molecule has 2 aliphatic heterocycles. The van der Waals surface area contributed by atoms with Crippen molar-refractivity contribution in [1.82, 2.24) is 9.80 Å². The Kier molecular flexibility index (Phi) is 4.62. The van der Waals surface area contributed by atoms with Crippen LogP contribution >= 0.6 is 0 Å². The fraction of sp³-hybridized carbons (Fsp3) is 0.588. The highest BCUT2D eigenvalue weighted by molar-refractivity contribution is 5.82. The second-order valence-corrected chi connectivity index (χ2v) is 6.13. The lowest BCUT2D eigenvalue weighted by atomic mass is 10.0. The van der Waals surface area contributed by atoms with E-state index in [4.69, 9.17) is 4.74 Å². The van der Waals surface area contributed by atoms with Crippen molar-refractivity contribution >= 4 is 5.91 Å². The molecule has 1 aromatic rings. The van der Waals surface area contributed by atoms with Crippen molar-refractivity contribution in [2.45, 2.75) is 38.3 Å². The first-order chi connectivity index (χ1) is 10.7. The zero-order valence-electron chi connectivity index (χ0n) is 13.1. The van der Waals surface area contributed by atoms with Gasteiger partial charge >= 0.3 is 0 Å². The number of hydrogen-bond acceptors (Lipinski definition) is 3. The first kappa shape index (κ1) is 15.3. The number of benzene rings is 1. The van der Waals surface area contributed by atoms with Gasteiger partial charge in [0.2, 0.25) is 5.91 Å². The number of carbonyl (C=O) groups is 1. The van der Waals surface area contributed by atoms with E-state index in [1.54, 1.807) is 6.07 Å². The molecule has 120 valence electrons. The zero-order valence-corrected chi connectivity index (χ0v) is 13.1. The third-order valence-electron chi connectivity index (χ3n) is 4.67. The number of ether oxygens (including phenoxy) is 1. The summed E-state index contributed by atoms with van der Waals surface area (Å²) in [7, 11) is 1.45. The van der Waals surface area contributed by atoms with Crippen LogP contribution in [0.1, 0.15) is 31.2 Å². The first-order valence-electron chi connectivity index (χ1n) is 8.04. The van der Waals surface area contributed by atoms with E-state index in [1.165, 1.54) is 26.0 Å². The van der Waals surface area contributed by atoms with Gasteiger partial charge in [-0.15, -0.1) is 0 Å². The maximum absolute atomic E-state index is 13.8. The Balaban J connectivity index is 1.68. The highest BCUT2D eigenvalue weighted by Crippen LogP contribution is 2.24. The van der Waals surface area contributed by atoms with Crippen LogP contribution < -0.4 is 4.74 Å². The van der Waals surface area contributed by atoms with E-state index in [0.29, 0.717) is 6.54 Å². The van der Waals surface area contributed by atoms with Gasteiger partial charge in [-0.25, -0.2) is 4.39 Å². The smallest absolute Gasteiger partial charge is 0.240 e. The second kappa shape index (κ2) is 6.65. The van der Waals surface area contributed by atoms with E-state index < -0.39 is 0 Å². The molecule has 22 heavy (non-hydrogen) atoms. The van der Waals surface area contributed by atoms with Crippen LogP contribution in [0.2, 0.25) is 0 Å². The Bertz CT molecular complexity index is 543. The Morgan fingerprint density at radius 3 is 2.68 bits per heavy atom. The van der Waals surface area contributed by atoms with Gasteiger partial charge < -0.3 is 9.64 Å². The first-order valence-corrected chi connectivity index (χ1v) is 8.04. The zero-order chi connectivity index (χ0) is 15.5. The quantitative estimate of drug-likeness (QED) is 0.856. The predicted octanol–water partition coefficient (Wildman–Crippen LogP) is 2.42. The van der Waals surface area contributed by atoms with Crippen LogP contribution in [-0.4, -0.2) is 48.5 Å². The van der Waals surface area contributed by atoms with Crippen molar-refractivity contribution in [2.24, 2.45) is 0 Å². The molecule has 2 fully saturated rings. The minimum absolute atomic E-state index is 0.0272. The molecule has 0 aromatic heterocycles. The molecule has 2 heterocycles. The Morgan fingerprint density at radius 2 is 2.00 bits per heavy atom. The van der Waals surface area contributed by atoms with Gasteiger partial charge in [0.25, 0.3) is 0 Å². The lowest BCUT2D eigenvalue weighted by Gasteiger charge is -2.36. The number of rotatable bonds is 4. The fourth-order valence-corrected chi connectivity index (χ4v) is 3.50. The summed E-state index contributed by atoms with van der Waals surface area (Å²) in [6.45, 7) is 3.30. The lowest BCUT2D eigenvalue weighted by Crippen LogP contribution is -2.51. The van der Waals surface area contributed by atoms with E-state index in [1.807, 2.05) is 11.0 Å². The van der Waals surface area contributed by atoms with Gasteiger partial charge in [-0.1, -0.05) is 6.07 Å². The topological polar surface area (TPSA) is 32.8 Å². The second-order valence-electron chi connectivity index (χ2n) is 6.13. The van der Waals surface area contributed by atoms with Crippen molar-refractivity contribution in [3.05, 3.63) is 29.6 Å². The normalized spacial score (nSPS) is 23.1. The summed E-state index contributed by atoms with van der Waals surface area (Å²) in [6.07, 6.45) is 4.35. The summed E-state index contributed by atoms with van der Waals surface area (Å²) >= 11 is 0. The van der Waals surface area contributed by atoms with Crippen LogP contribution in [0, 0.1) is 5.82 Å². The molecule has 2 saturated heterocycles. The number of halogens is 1. The summed E-state index contributed by atoms with van der Waals surface area (Å²) in [5, 5.41) is 0. The lowest BCUT2D eigenvalue weighted by molar-refractivity contribution is -0.140. The molecule has 0 aliphatic carbocycles. The van der Waals surface area contributed by atoms with Gasteiger partial charge in [0.05, 0.1) is 13.2 Å². The number of carbonyl (C=O) groups excluding carboxylic acids is 1. The monoisotopic (exact) mass is 306 g/mol. The molecule has 0 N–H and O–H groups in total. The average Bonchev–Trinajstić information content (AvgIpc) is 3.04. The number of piperidine rings is 1. The van der Waals surface area contributed by atoms with E-state index in [2.05, 4.69) is 4.90 Å². The van der Waals surface area contributed by atoms with Gasteiger partial charge in [0.1, 0.15) is 0 Å². The minimum atomic E-state index is -0.374. The summed E-state index contributed by atoms with van der Waals surface area (Å²) in [4.78, 5) is 16.9. The molecular formula is C17H23FN2O2. The maximum atomic E-state index is 13.8. The highest BCUT2D eigenvalue weighted by Gasteiger charge is 2.34. The SMILES string of the molecule is COc1ccc(CN2CCC[C@H](N3CCCC3)C2=O)cc1F. The van der Waals surface area contributed by atoms with E-state index in [-0.39, 0.29) is 23.5 Å². The third kappa shape index (κ3) is 3.09. The number of likely N-dealkylation sites (tertiary alicyclic amines) is 2. The molecule has 0 saturated carbocycles. The van der Waals surface area contributed by atoms with Gasteiger partial charge in [0.15, 0.2) is 11.6 Å². The van der Waals surface area contributed by atoms with Crippen LogP contribution in [-0.2, 0) is 11.3 Å². The minimum Gasteiger partial charge on any atom is -0.494 e. The molecule has 1 amide bonds. The predicted molar refractivity (Wildman–Crippen MR) is 82.2 cm³/mol. The van der Waals surface area contributed by atoms with Gasteiger partial charge in [-0.05, 0) is 56.5 Å². The Hall–Kier alpha value is -1.62. The van der Waals surface area contributed by atoms with Crippen molar-refractivity contribution in [3.8, 4) is 5.75 Å². The van der Waals surface area contributed by atoms with E-state index >= 15 is 0 Å². The molecule has 0 radical (unpaired) electrons. The highest BCUT2D eigenvalue weighted by atomic mass is 19.1.